The quantitative estimate of drug-likeness (QED) is 0.225. The Morgan fingerprint density at radius 1 is 0.978 bits per heavy atom. The van der Waals surface area contributed by atoms with Crippen molar-refractivity contribution < 1.29 is 26.7 Å². The number of amides is 1. The van der Waals surface area contributed by atoms with E-state index in [1.165, 1.54) is 59.2 Å². The van der Waals surface area contributed by atoms with Crippen LogP contribution in [-0.4, -0.2) is 43.3 Å². The molecule has 2 heterocycles. The smallest absolute Gasteiger partial charge is 0.276 e. The number of piperidine rings is 1. The molecule has 1 aromatic heterocycles. The second kappa shape index (κ2) is 13.5. The van der Waals surface area contributed by atoms with Crippen LogP contribution in [0.15, 0.2) is 58.8 Å². The first-order valence-electron chi connectivity index (χ1n) is 16.1. The number of carbonyl (C=O) groups is 1. The van der Waals surface area contributed by atoms with E-state index in [0.717, 1.165) is 36.5 Å². The number of hydrogen-bond donors (Lipinski definition) is 1. The van der Waals surface area contributed by atoms with Gasteiger partial charge in [0, 0.05) is 29.0 Å². The molecule has 11 heteroatoms. The second-order valence-electron chi connectivity index (χ2n) is 12.8. The fourth-order valence-electron chi connectivity index (χ4n) is 7.01. The van der Waals surface area contributed by atoms with Crippen LogP contribution < -0.4 is 10.1 Å². The number of benzene rings is 2. The molecular weight excluding hydrogens is 617 g/mol. The van der Waals surface area contributed by atoms with E-state index < -0.39 is 33.8 Å². The number of thiazole rings is 1. The molecule has 1 amide bonds. The molecule has 3 fully saturated rings. The highest BCUT2D eigenvalue weighted by atomic mass is 32.2. The first-order chi connectivity index (χ1) is 21.6. The highest BCUT2D eigenvalue weighted by Gasteiger charge is 2.45. The molecule has 0 radical (unpaired) electrons. The van der Waals surface area contributed by atoms with Gasteiger partial charge in [-0.15, -0.1) is 11.3 Å². The zero-order valence-corrected chi connectivity index (χ0v) is 27.2. The second-order valence-corrected chi connectivity index (χ2v) is 15.5. The number of nitrogens with zero attached hydrogens (tertiary/aromatic N) is 2. The van der Waals surface area contributed by atoms with Crippen molar-refractivity contribution in [3.05, 3.63) is 59.5 Å². The number of hydrogen-bond acceptors (Lipinski definition) is 6. The molecular formula is C34H41F2N3O4S2. The van der Waals surface area contributed by atoms with Gasteiger partial charge in [0.15, 0.2) is 5.13 Å². The van der Waals surface area contributed by atoms with E-state index >= 15 is 8.78 Å². The molecule has 6 rings (SSSR count). The number of rotatable bonds is 11. The molecule has 3 aliphatic rings. The third-order valence-corrected chi connectivity index (χ3v) is 12.7. The Morgan fingerprint density at radius 2 is 1.71 bits per heavy atom. The molecule has 2 unspecified atom stereocenters. The predicted molar refractivity (Wildman–Crippen MR) is 172 cm³/mol. The molecule has 3 aromatic rings. The molecule has 45 heavy (non-hydrogen) atoms. The Morgan fingerprint density at radius 3 is 2.40 bits per heavy atom. The first-order valence-corrected chi connectivity index (χ1v) is 18.4. The maximum Gasteiger partial charge on any atom is 0.276 e. The lowest BCUT2D eigenvalue weighted by atomic mass is 9.80. The summed E-state index contributed by atoms with van der Waals surface area (Å²) in [7, 11) is -2.50. The highest BCUT2D eigenvalue weighted by Crippen LogP contribution is 2.48. The maximum atomic E-state index is 15.6. The van der Waals surface area contributed by atoms with E-state index in [0.29, 0.717) is 48.8 Å². The van der Waals surface area contributed by atoms with Crippen LogP contribution in [0.5, 0.6) is 5.75 Å². The van der Waals surface area contributed by atoms with E-state index in [1.54, 1.807) is 7.11 Å². The number of carbonyl (C=O) groups excluding carboxylic acids is 1. The van der Waals surface area contributed by atoms with Gasteiger partial charge in [0.25, 0.3) is 5.92 Å². The molecule has 2 saturated carbocycles. The summed E-state index contributed by atoms with van der Waals surface area (Å²) in [6.07, 6.45) is 9.57. The van der Waals surface area contributed by atoms with Gasteiger partial charge in [-0.1, -0.05) is 50.7 Å². The number of methoxy groups -OCH3 is 1. The van der Waals surface area contributed by atoms with Gasteiger partial charge >= 0.3 is 0 Å². The number of anilines is 1. The Labute approximate surface area is 268 Å². The normalized spacial score (nSPS) is 23.0. The number of sulfonamides is 1. The molecule has 0 bridgehead atoms. The lowest BCUT2D eigenvalue weighted by Crippen LogP contribution is -2.49. The Balaban J connectivity index is 1.11. The summed E-state index contributed by atoms with van der Waals surface area (Å²) < 4.78 is 65.1. The minimum absolute atomic E-state index is 0.0809. The minimum atomic E-state index is -4.10. The van der Waals surface area contributed by atoms with Crippen LogP contribution in [0.2, 0.25) is 0 Å². The summed E-state index contributed by atoms with van der Waals surface area (Å²) in [5, 5.41) is 5.00. The minimum Gasteiger partial charge on any atom is -0.497 e. The number of halogens is 2. The van der Waals surface area contributed by atoms with Crippen LogP contribution in [0.1, 0.15) is 76.2 Å². The third-order valence-electron chi connectivity index (χ3n) is 9.98. The summed E-state index contributed by atoms with van der Waals surface area (Å²) in [5.41, 5.74) is 1.40. The van der Waals surface area contributed by atoms with Crippen LogP contribution in [-0.2, 0) is 20.7 Å². The van der Waals surface area contributed by atoms with Gasteiger partial charge in [-0.05, 0) is 80.3 Å². The number of ether oxygens (including phenoxy) is 1. The molecule has 242 valence electrons. The van der Waals surface area contributed by atoms with Crippen molar-refractivity contribution in [2.24, 2.45) is 17.8 Å². The number of aromatic nitrogens is 1. The fourth-order valence-corrected chi connectivity index (χ4v) is 9.39. The van der Waals surface area contributed by atoms with Gasteiger partial charge in [0.1, 0.15) is 11.8 Å². The largest absolute Gasteiger partial charge is 0.497 e. The van der Waals surface area contributed by atoms with Crippen molar-refractivity contribution in [3.8, 4) is 17.0 Å². The highest BCUT2D eigenvalue weighted by molar-refractivity contribution is 7.89. The van der Waals surface area contributed by atoms with Crippen LogP contribution in [0, 0.1) is 17.8 Å². The maximum absolute atomic E-state index is 15.6. The van der Waals surface area contributed by atoms with E-state index in [9.17, 15) is 13.2 Å². The van der Waals surface area contributed by atoms with Gasteiger partial charge in [-0.3, -0.25) is 4.79 Å². The van der Waals surface area contributed by atoms with Crippen LogP contribution >= 0.6 is 11.3 Å². The van der Waals surface area contributed by atoms with Crippen molar-refractivity contribution in [1.82, 2.24) is 9.29 Å². The third kappa shape index (κ3) is 6.95. The van der Waals surface area contributed by atoms with E-state index in [4.69, 9.17) is 4.74 Å². The lowest BCUT2D eigenvalue weighted by Gasteiger charge is -2.33. The predicted octanol–water partition coefficient (Wildman–Crippen LogP) is 8.09. The summed E-state index contributed by atoms with van der Waals surface area (Å²) in [6, 6.07) is 11.5. The van der Waals surface area contributed by atoms with E-state index in [2.05, 4.69) is 10.3 Å². The zero-order valence-electron chi connectivity index (χ0n) is 25.6. The van der Waals surface area contributed by atoms with E-state index in [1.807, 2.05) is 29.6 Å². The number of alkyl halides is 2. The van der Waals surface area contributed by atoms with E-state index in [-0.39, 0.29) is 17.0 Å². The lowest BCUT2D eigenvalue weighted by molar-refractivity contribution is -0.120. The molecule has 7 nitrogen and oxygen atoms in total. The SMILES string of the molecule is COc1ccc(-c2csc(NC(=O)[C@H]3CCCCN3S(=O)(=O)c3ccc(C(F)(F)C4CCC(CCC5CCC5)C4)cc3)n2)cc1. The van der Waals surface area contributed by atoms with Gasteiger partial charge in [0.05, 0.1) is 17.7 Å². The van der Waals surface area contributed by atoms with Crippen molar-refractivity contribution in [3.63, 3.8) is 0 Å². The Hall–Kier alpha value is -2.89. The van der Waals surface area contributed by atoms with Gasteiger partial charge in [0.2, 0.25) is 15.9 Å². The van der Waals surface area contributed by atoms with Crippen molar-refractivity contribution >= 4 is 32.4 Å². The molecule has 1 N–H and O–H groups in total. The molecule has 2 aromatic carbocycles. The summed E-state index contributed by atoms with van der Waals surface area (Å²) in [6.45, 7) is 0.178. The summed E-state index contributed by atoms with van der Waals surface area (Å²) in [5.74, 6) is -2.33. The van der Waals surface area contributed by atoms with Crippen LogP contribution in [0.3, 0.4) is 0 Å². The Bertz CT molecular complexity index is 1570. The van der Waals surface area contributed by atoms with Crippen molar-refractivity contribution in [2.75, 3.05) is 19.0 Å². The Kier molecular flexibility index (Phi) is 9.59. The topological polar surface area (TPSA) is 88.6 Å². The standard InChI is InChI=1S/C34H41F2N3O4S2/c1-43-28-16-11-25(12-17-28)30-22-44-33(37-30)38-32(40)31-7-2-3-20-39(31)45(41,42)29-18-14-26(15-19-29)34(35,36)27-13-10-24(21-27)9-8-23-5-4-6-23/h11-12,14-19,22-24,27,31H,2-10,13,20-21H2,1H3,(H,37,38,40)/t24?,27?,31-/m1/s1. The van der Waals surface area contributed by atoms with Gasteiger partial charge < -0.3 is 10.1 Å². The molecule has 2 aliphatic carbocycles. The average Bonchev–Trinajstić information content (AvgIpc) is 3.71. The summed E-state index contributed by atoms with van der Waals surface area (Å²) in [4.78, 5) is 17.8. The van der Waals surface area contributed by atoms with Gasteiger partial charge in [-0.25, -0.2) is 22.2 Å². The number of nitrogens with one attached hydrogen (secondary N) is 1. The van der Waals surface area contributed by atoms with Crippen molar-refractivity contribution in [1.29, 1.82) is 0 Å². The van der Waals surface area contributed by atoms with Gasteiger partial charge in [-0.2, -0.15) is 4.31 Å². The molecule has 0 spiro atoms. The van der Waals surface area contributed by atoms with Crippen LogP contribution in [0.25, 0.3) is 11.3 Å². The monoisotopic (exact) mass is 657 g/mol. The molecule has 3 atom stereocenters. The first kappa shape index (κ1) is 32.1. The molecule has 1 saturated heterocycles. The zero-order chi connectivity index (χ0) is 31.6. The van der Waals surface area contributed by atoms with Crippen LogP contribution in [0.4, 0.5) is 13.9 Å². The summed E-state index contributed by atoms with van der Waals surface area (Å²) >= 11 is 1.26. The molecule has 1 aliphatic heterocycles. The fraction of sp³-hybridized carbons (Fsp3) is 0.529. The van der Waals surface area contributed by atoms with Crippen molar-refractivity contribution in [2.45, 2.75) is 87.5 Å². The average molecular weight is 658 g/mol.